The molecule has 0 aromatic carbocycles. The summed E-state index contributed by atoms with van der Waals surface area (Å²) in [5, 5.41) is 5.75. The molecule has 0 spiro atoms. The number of hydrogen-bond donors (Lipinski definition) is 2. The van der Waals surface area contributed by atoms with E-state index >= 15 is 0 Å². The molecule has 90 valence electrons. The van der Waals surface area contributed by atoms with E-state index in [1.165, 1.54) is 32.1 Å². The Morgan fingerprint density at radius 1 is 1.38 bits per heavy atom. The maximum absolute atomic E-state index is 11.3. The molecule has 3 aliphatic carbocycles. The van der Waals surface area contributed by atoms with Crippen LogP contribution in [0, 0.1) is 23.2 Å². The normalized spacial score (nSPS) is 49.1. The average Bonchev–Trinajstić information content (AvgIpc) is 2.87. The predicted octanol–water partition coefficient (Wildman–Crippen LogP) is 2.13. The van der Waals surface area contributed by atoms with Crippen LogP contribution in [-0.2, 0) is 0 Å². The van der Waals surface area contributed by atoms with Gasteiger partial charge in [-0.2, -0.15) is 0 Å². The Bertz CT molecular complexity index is 317. The summed E-state index contributed by atoms with van der Waals surface area (Å²) in [5.74, 6) is 2.75. The number of rotatable bonds is 1. The fourth-order valence-corrected chi connectivity index (χ4v) is 4.79. The molecule has 3 heteroatoms. The molecule has 3 rings (SSSR count). The number of urea groups is 1. The first-order valence-electron chi connectivity index (χ1n) is 6.60. The van der Waals surface area contributed by atoms with Crippen molar-refractivity contribution in [3.63, 3.8) is 0 Å². The number of amides is 2. The molecule has 3 saturated carbocycles. The number of fused-ring (bicyclic) bond motifs is 5. The Kier molecular flexibility index (Phi) is 2.20. The summed E-state index contributed by atoms with van der Waals surface area (Å²) in [6.07, 6.45) is 6.74. The van der Waals surface area contributed by atoms with Gasteiger partial charge in [-0.25, -0.2) is 4.79 Å². The highest BCUT2D eigenvalue weighted by atomic mass is 16.2. The zero-order valence-electron chi connectivity index (χ0n) is 10.3. The van der Waals surface area contributed by atoms with Crippen LogP contribution in [0.3, 0.4) is 0 Å². The van der Waals surface area contributed by atoms with Crippen LogP contribution in [0.1, 0.15) is 39.0 Å². The van der Waals surface area contributed by atoms with Gasteiger partial charge >= 0.3 is 6.03 Å². The molecule has 0 radical (unpaired) electrons. The van der Waals surface area contributed by atoms with Gasteiger partial charge in [0.25, 0.3) is 0 Å². The van der Waals surface area contributed by atoms with E-state index in [1.54, 1.807) is 7.05 Å². The van der Waals surface area contributed by atoms with E-state index in [2.05, 4.69) is 17.6 Å². The van der Waals surface area contributed by atoms with Crippen molar-refractivity contribution in [2.45, 2.75) is 45.1 Å². The monoisotopic (exact) mass is 222 g/mol. The van der Waals surface area contributed by atoms with Crippen LogP contribution >= 0.6 is 0 Å². The minimum atomic E-state index is -0.0116. The van der Waals surface area contributed by atoms with Crippen LogP contribution < -0.4 is 10.6 Å². The quantitative estimate of drug-likeness (QED) is 0.701. The van der Waals surface area contributed by atoms with Crippen LogP contribution in [0.4, 0.5) is 4.79 Å². The first-order chi connectivity index (χ1) is 7.62. The van der Waals surface area contributed by atoms with Gasteiger partial charge in [0, 0.05) is 13.1 Å². The maximum Gasteiger partial charge on any atom is 0.314 e. The fraction of sp³-hybridized carbons (Fsp3) is 0.923. The molecule has 3 aliphatic rings. The average molecular weight is 222 g/mol. The molecule has 0 saturated heterocycles. The molecule has 0 aromatic rings. The number of hydrogen-bond acceptors (Lipinski definition) is 1. The van der Waals surface area contributed by atoms with Gasteiger partial charge in [0.05, 0.1) is 0 Å². The van der Waals surface area contributed by atoms with Crippen molar-refractivity contribution in [1.29, 1.82) is 0 Å². The number of nitrogens with one attached hydrogen (secondary N) is 2. The first kappa shape index (κ1) is 10.4. The highest BCUT2D eigenvalue weighted by Gasteiger charge is 2.58. The Labute approximate surface area is 97.4 Å². The SMILES string of the molecule is CNC(=O)NC1CC2C3CCC(C)(C3)C2C1. The van der Waals surface area contributed by atoms with Gasteiger partial charge in [-0.15, -0.1) is 0 Å². The lowest BCUT2D eigenvalue weighted by Gasteiger charge is -2.32. The largest absolute Gasteiger partial charge is 0.341 e. The maximum atomic E-state index is 11.3. The molecule has 5 atom stereocenters. The van der Waals surface area contributed by atoms with Crippen LogP contribution in [-0.4, -0.2) is 19.1 Å². The second-order valence-corrected chi connectivity index (χ2v) is 6.32. The smallest absolute Gasteiger partial charge is 0.314 e. The molecule has 2 N–H and O–H groups in total. The summed E-state index contributed by atoms with van der Waals surface area (Å²) in [7, 11) is 1.69. The molecule has 2 amide bonds. The van der Waals surface area contributed by atoms with Crippen LogP contribution in [0.25, 0.3) is 0 Å². The van der Waals surface area contributed by atoms with Crippen molar-refractivity contribution in [2.75, 3.05) is 7.05 Å². The van der Waals surface area contributed by atoms with Gasteiger partial charge in [-0.1, -0.05) is 6.92 Å². The minimum absolute atomic E-state index is 0.0116. The van der Waals surface area contributed by atoms with Gasteiger partial charge < -0.3 is 10.6 Å². The van der Waals surface area contributed by atoms with Crippen molar-refractivity contribution in [2.24, 2.45) is 23.2 Å². The third-order valence-electron chi connectivity index (χ3n) is 5.49. The number of carbonyl (C=O) groups is 1. The van der Waals surface area contributed by atoms with Gasteiger partial charge in [0.15, 0.2) is 0 Å². The highest BCUT2D eigenvalue weighted by Crippen LogP contribution is 2.65. The molecule has 0 heterocycles. The fourth-order valence-electron chi connectivity index (χ4n) is 4.79. The standard InChI is InChI=1S/C13H22N2O/c1-13-4-3-8(7-13)10-5-9(6-11(10)13)15-12(16)14-2/h8-11H,3-7H2,1-2H3,(H2,14,15,16). The summed E-state index contributed by atoms with van der Waals surface area (Å²) in [6.45, 7) is 2.47. The Morgan fingerprint density at radius 3 is 2.88 bits per heavy atom. The van der Waals surface area contributed by atoms with E-state index in [9.17, 15) is 4.79 Å². The van der Waals surface area contributed by atoms with Crippen LogP contribution in [0.15, 0.2) is 0 Å². The lowest BCUT2D eigenvalue weighted by atomic mass is 9.73. The van der Waals surface area contributed by atoms with Crippen molar-refractivity contribution in [3.05, 3.63) is 0 Å². The van der Waals surface area contributed by atoms with Crippen LogP contribution in [0.5, 0.6) is 0 Å². The second-order valence-electron chi connectivity index (χ2n) is 6.32. The summed E-state index contributed by atoms with van der Waals surface area (Å²) in [5.41, 5.74) is 0.606. The molecule has 16 heavy (non-hydrogen) atoms. The van der Waals surface area contributed by atoms with E-state index < -0.39 is 0 Å². The van der Waals surface area contributed by atoms with E-state index in [4.69, 9.17) is 0 Å². The van der Waals surface area contributed by atoms with E-state index in [0.29, 0.717) is 11.5 Å². The Balaban J connectivity index is 1.68. The predicted molar refractivity (Wildman–Crippen MR) is 63.0 cm³/mol. The van der Waals surface area contributed by atoms with Gasteiger partial charge in [0.1, 0.15) is 0 Å². The van der Waals surface area contributed by atoms with E-state index in [1.807, 2.05) is 0 Å². The zero-order chi connectivity index (χ0) is 11.3. The molecule has 2 bridgehead atoms. The third kappa shape index (κ3) is 1.36. The zero-order valence-corrected chi connectivity index (χ0v) is 10.3. The van der Waals surface area contributed by atoms with E-state index in [-0.39, 0.29) is 6.03 Å². The summed E-state index contributed by atoms with van der Waals surface area (Å²) in [4.78, 5) is 11.3. The Morgan fingerprint density at radius 2 is 2.19 bits per heavy atom. The molecular formula is C13H22N2O. The summed E-state index contributed by atoms with van der Waals surface area (Å²) in [6, 6.07) is 0.414. The summed E-state index contributed by atoms with van der Waals surface area (Å²) >= 11 is 0. The highest BCUT2D eigenvalue weighted by molar-refractivity contribution is 5.73. The van der Waals surface area contributed by atoms with E-state index in [0.717, 1.165) is 17.8 Å². The Hall–Kier alpha value is -0.730. The van der Waals surface area contributed by atoms with Crippen molar-refractivity contribution in [3.8, 4) is 0 Å². The molecule has 3 nitrogen and oxygen atoms in total. The molecular weight excluding hydrogens is 200 g/mol. The lowest BCUT2D eigenvalue weighted by molar-refractivity contribution is 0.173. The molecule has 3 fully saturated rings. The van der Waals surface area contributed by atoms with Gasteiger partial charge in [-0.05, 0) is 55.3 Å². The number of carbonyl (C=O) groups excluding carboxylic acids is 1. The summed E-state index contributed by atoms with van der Waals surface area (Å²) < 4.78 is 0. The van der Waals surface area contributed by atoms with Gasteiger partial charge in [-0.3, -0.25) is 0 Å². The van der Waals surface area contributed by atoms with Crippen molar-refractivity contribution < 1.29 is 4.79 Å². The molecule has 0 aromatic heterocycles. The van der Waals surface area contributed by atoms with Crippen molar-refractivity contribution >= 4 is 6.03 Å². The molecule has 5 unspecified atom stereocenters. The van der Waals surface area contributed by atoms with Gasteiger partial charge in [0.2, 0.25) is 0 Å². The molecule has 0 aliphatic heterocycles. The lowest BCUT2D eigenvalue weighted by Crippen LogP contribution is -2.39. The second kappa shape index (κ2) is 3.38. The minimum Gasteiger partial charge on any atom is -0.341 e. The van der Waals surface area contributed by atoms with Crippen LogP contribution in [0.2, 0.25) is 0 Å². The third-order valence-corrected chi connectivity index (χ3v) is 5.49. The first-order valence-corrected chi connectivity index (χ1v) is 6.60. The topological polar surface area (TPSA) is 41.1 Å². The van der Waals surface area contributed by atoms with Crippen molar-refractivity contribution in [1.82, 2.24) is 10.6 Å².